The molecule has 0 aliphatic rings. The van der Waals surface area contributed by atoms with Gasteiger partial charge in [-0.05, 0) is 96.3 Å². The Kier molecular flexibility index (Phi) is 50.4. The van der Waals surface area contributed by atoms with Gasteiger partial charge in [-0.15, -0.1) is 0 Å². The second kappa shape index (κ2) is 53.1. The largest absolute Gasteiger partial charge is 0.394 e. The van der Waals surface area contributed by atoms with E-state index >= 15 is 0 Å². The van der Waals surface area contributed by atoms with E-state index in [4.69, 9.17) is 0 Å². The standard InChI is InChI=1S/C59H99NO3/c1-3-5-7-9-11-13-15-17-19-21-22-23-24-25-26-27-28-29-30-31-32-33-34-35-36-37-38-39-41-43-45-47-49-51-53-55-59(63)60-57(56-61)58(62)54-52-50-48-46-44-42-40-20-18-16-14-12-10-8-6-4-2/h5,7,11,13,17,19,22-23,25-26,28-29,31-32,34-35,44,46,52,54,57-58,61-62H,3-4,6,8-10,12,14-16,18,20-21,24,27,30,33,36-43,45,47-51,53,55-56H2,1-2H3,(H,60,63)/b7-5-,13-11-,19-17-,23-22-,26-25-,29-28-,32-31-,35-34-,46-44+,54-52+. The van der Waals surface area contributed by atoms with Crippen molar-refractivity contribution in [3.05, 3.63) is 122 Å². The zero-order valence-electron chi connectivity index (χ0n) is 41.0. The summed E-state index contributed by atoms with van der Waals surface area (Å²) in [6, 6.07) is -0.649. The van der Waals surface area contributed by atoms with Crippen molar-refractivity contribution in [1.82, 2.24) is 5.32 Å². The summed E-state index contributed by atoms with van der Waals surface area (Å²) >= 11 is 0. The highest BCUT2D eigenvalue weighted by molar-refractivity contribution is 5.76. The van der Waals surface area contributed by atoms with E-state index in [0.29, 0.717) is 6.42 Å². The maximum atomic E-state index is 12.4. The van der Waals surface area contributed by atoms with E-state index in [9.17, 15) is 15.0 Å². The van der Waals surface area contributed by atoms with Crippen LogP contribution in [-0.2, 0) is 4.79 Å². The van der Waals surface area contributed by atoms with Crippen molar-refractivity contribution in [2.45, 2.75) is 238 Å². The number of nitrogens with one attached hydrogen (secondary N) is 1. The van der Waals surface area contributed by atoms with Gasteiger partial charge in [0.05, 0.1) is 18.8 Å². The molecule has 0 aromatic heterocycles. The molecule has 2 unspecified atom stereocenters. The van der Waals surface area contributed by atoms with E-state index in [1.807, 2.05) is 6.08 Å². The average molecular weight is 870 g/mol. The van der Waals surface area contributed by atoms with Crippen LogP contribution in [0.2, 0.25) is 0 Å². The summed E-state index contributed by atoms with van der Waals surface area (Å²) in [6.45, 7) is 4.17. The van der Waals surface area contributed by atoms with Crippen LogP contribution in [0.1, 0.15) is 226 Å². The van der Waals surface area contributed by atoms with E-state index in [0.717, 1.165) is 89.9 Å². The fraction of sp³-hybridized carbons (Fsp3) is 0.644. The molecule has 358 valence electrons. The number of hydrogen-bond donors (Lipinski definition) is 3. The van der Waals surface area contributed by atoms with E-state index < -0.39 is 12.1 Å². The molecule has 0 aromatic rings. The van der Waals surface area contributed by atoms with Crippen molar-refractivity contribution < 1.29 is 15.0 Å². The lowest BCUT2D eigenvalue weighted by Gasteiger charge is -2.19. The van der Waals surface area contributed by atoms with Crippen molar-refractivity contribution >= 4 is 5.91 Å². The molecule has 63 heavy (non-hydrogen) atoms. The van der Waals surface area contributed by atoms with Crippen molar-refractivity contribution in [1.29, 1.82) is 0 Å². The molecule has 0 heterocycles. The Balaban J connectivity index is 3.63. The van der Waals surface area contributed by atoms with Crippen LogP contribution in [0.25, 0.3) is 0 Å². The van der Waals surface area contributed by atoms with Gasteiger partial charge in [-0.1, -0.05) is 245 Å². The molecule has 4 heteroatoms. The maximum absolute atomic E-state index is 12.4. The first-order valence-electron chi connectivity index (χ1n) is 26.2. The molecule has 1 amide bonds. The molecule has 2 atom stereocenters. The fourth-order valence-electron chi connectivity index (χ4n) is 7.21. The second-order valence-corrected chi connectivity index (χ2v) is 17.2. The zero-order valence-corrected chi connectivity index (χ0v) is 41.0. The van der Waals surface area contributed by atoms with Crippen LogP contribution in [0.15, 0.2) is 122 Å². The summed E-state index contributed by atoms with van der Waals surface area (Å²) in [7, 11) is 0. The molecule has 0 saturated carbocycles. The van der Waals surface area contributed by atoms with Crippen molar-refractivity contribution in [3.63, 3.8) is 0 Å². The Morgan fingerprint density at radius 3 is 1.11 bits per heavy atom. The molecule has 0 spiro atoms. The van der Waals surface area contributed by atoms with E-state index in [1.54, 1.807) is 6.08 Å². The van der Waals surface area contributed by atoms with Crippen LogP contribution in [0.4, 0.5) is 0 Å². The highest BCUT2D eigenvalue weighted by Gasteiger charge is 2.17. The minimum atomic E-state index is -0.871. The molecule has 0 aliphatic heterocycles. The monoisotopic (exact) mass is 870 g/mol. The third kappa shape index (κ3) is 49.7. The molecule has 0 aromatic carbocycles. The van der Waals surface area contributed by atoms with Gasteiger partial charge in [-0.2, -0.15) is 0 Å². The van der Waals surface area contributed by atoms with Crippen molar-refractivity contribution in [3.8, 4) is 0 Å². The SMILES string of the molecule is CC/C=C\C/C=C\C/C=C\C/C=C\C/C=C\C/C=C\C/C=C\C/C=C\CCCCCCCCCCCCC(=O)NC(CO)C(O)/C=C/CC/C=C/CCCCCCCCCCCC. The minimum absolute atomic E-state index is 0.0837. The van der Waals surface area contributed by atoms with Gasteiger partial charge in [0.1, 0.15) is 0 Å². The lowest BCUT2D eigenvalue weighted by atomic mass is 10.0. The lowest BCUT2D eigenvalue weighted by Crippen LogP contribution is -2.45. The average Bonchev–Trinajstić information content (AvgIpc) is 3.29. The third-order valence-corrected chi connectivity index (χ3v) is 11.2. The van der Waals surface area contributed by atoms with Gasteiger partial charge < -0.3 is 15.5 Å². The summed E-state index contributed by atoms with van der Waals surface area (Å²) in [6.07, 6.45) is 81.9. The minimum Gasteiger partial charge on any atom is -0.394 e. The van der Waals surface area contributed by atoms with Crippen LogP contribution in [0.3, 0.4) is 0 Å². The molecule has 4 nitrogen and oxygen atoms in total. The number of unbranched alkanes of at least 4 members (excludes halogenated alkanes) is 21. The predicted octanol–water partition coefficient (Wildman–Crippen LogP) is 17.3. The molecular weight excluding hydrogens is 771 g/mol. The van der Waals surface area contributed by atoms with Gasteiger partial charge in [0.15, 0.2) is 0 Å². The smallest absolute Gasteiger partial charge is 0.220 e. The molecule has 0 bridgehead atoms. The van der Waals surface area contributed by atoms with Gasteiger partial charge in [0.2, 0.25) is 5.91 Å². The van der Waals surface area contributed by atoms with Gasteiger partial charge in [-0.3, -0.25) is 4.79 Å². The van der Waals surface area contributed by atoms with Gasteiger partial charge >= 0.3 is 0 Å². The highest BCUT2D eigenvalue weighted by Crippen LogP contribution is 2.14. The number of aliphatic hydroxyl groups is 2. The van der Waals surface area contributed by atoms with Crippen LogP contribution in [0.5, 0.6) is 0 Å². The first-order chi connectivity index (χ1) is 31.2. The molecule has 0 fully saturated rings. The highest BCUT2D eigenvalue weighted by atomic mass is 16.3. The number of amides is 1. The molecule has 3 N–H and O–H groups in total. The first-order valence-corrected chi connectivity index (χ1v) is 26.2. The van der Waals surface area contributed by atoms with Crippen molar-refractivity contribution in [2.24, 2.45) is 0 Å². The topological polar surface area (TPSA) is 69.6 Å². The normalized spacial score (nSPS) is 13.9. The predicted molar refractivity (Wildman–Crippen MR) is 280 cm³/mol. The van der Waals surface area contributed by atoms with Gasteiger partial charge in [0, 0.05) is 6.42 Å². The Morgan fingerprint density at radius 1 is 0.397 bits per heavy atom. The zero-order chi connectivity index (χ0) is 45.6. The number of allylic oxidation sites excluding steroid dienone is 19. The summed E-state index contributed by atoms with van der Waals surface area (Å²) in [5.41, 5.74) is 0. The molecule has 0 saturated heterocycles. The molecule has 0 rings (SSSR count). The fourth-order valence-corrected chi connectivity index (χ4v) is 7.21. The second-order valence-electron chi connectivity index (χ2n) is 17.2. The van der Waals surface area contributed by atoms with Crippen molar-refractivity contribution in [2.75, 3.05) is 6.61 Å². The van der Waals surface area contributed by atoms with Crippen LogP contribution in [0, 0.1) is 0 Å². The maximum Gasteiger partial charge on any atom is 0.220 e. The number of carbonyl (C=O) groups is 1. The van der Waals surface area contributed by atoms with Gasteiger partial charge in [0.25, 0.3) is 0 Å². The summed E-state index contributed by atoms with van der Waals surface area (Å²) in [5.74, 6) is -0.0837. The Labute approximate surface area is 390 Å². The lowest BCUT2D eigenvalue weighted by molar-refractivity contribution is -0.123. The van der Waals surface area contributed by atoms with Crippen LogP contribution < -0.4 is 5.32 Å². The summed E-state index contributed by atoms with van der Waals surface area (Å²) in [4.78, 5) is 12.4. The van der Waals surface area contributed by atoms with E-state index in [-0.39, 0.29) is 12.5 Å². The first kappa shape index (κ1) is 59.8. The van der Waals surface area contributed by atoms with Gasteiger partial charge in [-0.25, -0.2) is 0 Å². The Morgan fingerprint density at radius 2 is 0.714 bits per heavy atom. The molecule has 0 aliphatic carbocycles. The Hall–Kier alpha value is -3.21. The third-order valence-electron chi connectivity index (χ3n) is 11.2. The number of rotatable bonds is 46. The summed E-state index contributed by atoms with van der Waals surface area (Å²) in [5, 5.41) is 23.1. The molecular formula is C59H99NO3. The van der Waals surface area contributed by atoms with E-state index in [2.05, 4.69) is 129 Å². The quantitative estimate of drug-likeness (QED) is 0.0422. The van der Waals surface area contributed by atoms with Crippen LogP contribution in [-0.4, -0.2) is 34.9 Å². The number of hydrogen-bond acceptors (Lipinski definition) is 3. The molecule has 0 radical (unpaired) electrons. The van der Waals surface area contributed by atoms with E-state index in [1.165, 1.54) is 116 Å². The summed E-state index contributed by atoms with van der Waals surface area (Å²) < 4.78 is 0. The Bertz CT molecular complexity index is 1260. The number of carbonyl (C=O) groups excluding carboxylic acids is 1. The number of aliphatic hydroxyl groups excluding tert-OH is 2. The van der Waals surface area contributed by atoms with Crippen LogP contribution >= 0.6 is 0 Å².